The number of aromatic nitrogens is 1. The van der Waals surface area contributed by atoms with Gasteiger partial charge in [0.2, 0.25) is 0 Å². The number of para-hydroxylation sites is 1. The predicted molar refractivity (Wildman–Crippen MR) is 72.9 cm³/mol. The Kier molecular flexibility index (Phi) is 2.74. The van der Waals surface area contributed by atoms with Gasteiger partial charge in [0.05, 0.1) is 11.2 Å². The quantitative estimate of drug-likeness (QED) is 0.768. The molecule has 3 rings (SSSR count). The molecule has 3 heteroatoms. The number of aryl methyl sites for hydroxylation is 1. The van der Waals surface area contributed by atoms with E-state index in [1.807, 2.05) is 6.20 Å². The maximum atomic E-state index is 11.3. The molecule has 1 saturated heterocycles. The van der Waals surface area contributed by atoms with Crippen molar-refractivity contribution >= 4 is 22.4 Å². The third-order valence-corrected chi connectivity index (χ3v) is 3.49. The van der Waals surface area contributed by atoms with Gasteiger partial charge in [-0.1, -0.05) is 12.1 Å². The number of hydrogen-bond donors (Lipinski definition) is 0. The summed E-state index contributed by atoms with van der Waals surface area (Å²) in [7, 11) is 0. The molecule has 1 aliphatic rings. The summed E-state index contributed by atoms with van der Waals surface area (Å²) in [4.78, 5) is 18.1. The maximum Gasteiger partial charge on any atom is 0.136 e. The number of pyridine rings is 1. The summed E-state index contributed by atoms with van der Waals surface area (Å²) in [6.07, 6.45) is 3.21. The lowest BCUT2D eigenvalue weighted by molar-refractivity contribution is -0.119. The molecule has 3 nitrogen and oxygen atoms in total. The zero-order chi connectivity index (χ0) is 12.5. The summed E-state index contributed by atoms with van der Waals surface area (Å²) in [6.45, 7) is 3.68. The van der Waals surface area contributed by atoms with Crippen molar-refractivity contribution < 1.29 is 4.79 Å². The number of carbonyl (C=O) groups is 1. The summed E-state index contributed by atoms with van der Waals surface area (Å²) in [5.41, 5.74) is 3.37. The van der Waals surface area contributed by atoms with Crippen molar-refractivity contribution in [1.29, 1.82) is 0 Å². The Labute approximate surface area is 106 Å². The predicted octanol–water partition coefficient (Wildman–Crippen LogP) is 2.71. The molecule has 0 radical (unpaired) electrons. The van der Waals surface area contributed by atoms with Gasteiger partial charge < -0.3 is 4.90 Å². The van der Waals surface area contributed by atoms with Crippen molar-refractivity contribution in [3.8, 4) is 0 Å². The number of anilines is 1. The molecule has 1 aromatic heterocycles. The Balaban J connectivity index is 2.03. The Hall–Kier alpha value is -1.90. The van der Waals surface area contributed by atoms with E-state index in [0.717, 1.165) is 24.3 Å². The van der Waals surface area contributed by atoms with Crippen LogP contribution in [-0.2, 0) is 4.79 Å². The molecule has 1 fully saturated rings. The fraction of sp³-hybridized carbons (Fsp3) is 0.333. The van der Waals surface area contributed by atoms with Gasteiger partial charge in [0.1, 0.15) is 5.78 Å². The SMILES string of the molecule is Cc1cnc2c(N3CCC(=O)CC3)cccc2c1. The molecular weight excluding hydrogens is 224 g/mol. The smallest absolute Gasteiger partial charge is 0.136 e. The second kappa shape index (κ2) is 4.41. The third kappa shape index (κ3) is 1.96. The minimum absolute atomic E-state index is 0.371. The second-order valence-corrected chi connectivity index (χ2v) is 4.89. The lowest BCUT2D eigenvalue weighted by Gasteiger charge is -2.28. The third-order valence-electron chi connectivity index (χ3n) is 3.49. The highest BCUT2D eigenvalue weighted by atomic mass is 16.1. The van der Waals surface area contributed by atoms with Crippen LogP contribution in [0.5, 0.6) is 0 Å². The Bertz CT molecular complexity index is 596. The maximum absolute atomic E-state index is 11.3. The molecule has 2 aromatic rings. The fourth-order valence-electron chi connectivity index (χ4n) is 2.51. The number of piperidine rings is 1. The van der Waals surface area contributed by atoms with Crippen LogP contribution in [0, 0.1) is 6.92 Å². The van der Waals surface area contributed by atoms with Crippen molar-refractivity contribution in [1.82, 2.24) is 4.98 Å². The van der Waals surface area contributed by atoms with E-state index in [2.05, 4.69) is 41.1 Å². The van der Waals surface area contributed by atoms with Crippen LogP contribution in [0.2, 0.25) is 0 Å². The van der Waals surface area contributed by atoms with Gasteiger partial charge in [0.25, 0.3) is 0 Å². The highest BCUT2D eigenvalue weighted by Crippen LogP contribution is 2.27. The molecule has 92 valence electrons. The van der Waals surface area contributed by atoms with Gasteiger partial charge in [0, 0.05) is 37.5 Å². The second-order valence-electron chi connectivity index (χ2n) is 4.89. The number of hydrogen-bond acceptors (Lipinski definition) is 3. The number of Topliss-reactive ketones (excluding diaryl/α,β-unsaturated/α-hetero) is 1. The molecule has 0 saturated carbocycles. The topological polar surface area (TPSA) is 33.2 Å². The van der Waals surface area contributed by atoms with Crippen molar-refractivity contribution in [2.45, 2.75) is 19.8 Å². The van der Waals surface area contributed by atoms with Gasteiger partial charge in [-0.05, 0) is 24.6 Å². The van der Waals surface area contributed by atoms with E-state index in [9.17, 15) is 4.79 Å². The van der Waals surface area contributed by atoms with E-state index in [-0.39, 0.29) is 0 Å². The molecule has 0 aliphatic carbocycles. The van der Waals surface area contributed by atoms with Crippen LogP contribution in [0.4, 0.5) is 5.69 Å². The molecule has 0 amide bonds. The fourth-order valence-corrected chi connectivity index (χ4v) is 2.51. The lowest BCUT2D eigenvalue weighted by Crippen LogP contribution is -2.33. The molecule has 0 atom stereocenters. The number of carbonyl (C=O) groups excluding carboxylic acids is 1. The summed E-state index contributed by atoms with van der Waals surface area (Å²) in [5, 5.41) is 1.17. The summed E-state index contributed by atoms with van der Waals surface area (Å²) >= 11 is 0. The minimum Gasteiger partial charge on any atom is -0.369 e. The highest BCUT2D eigenvalue weighted by Gasteiger charge is 2.18. The first kappa shape index (κ1) is 11.2. The molecule has 1 aromatic carbocycles. The molecule has 0 bridgehead atoms. The van der Waals surface area contributed by atoms with E-state index >= 15 is 0 Å². The highest BCUT2D eigenvalue weighted by molar-refractivity contribution is 5.92. The van der Waals surface area contributed by atoms with Crippen molar-refractivity contribution in [3.63, 3.8) is 0 Å². The van der Waals surface area contributed by atoms with Crippen molar-refractivity contribution in [3.05, 3.63) is 36.0 Å². The lowest BCUT2D eigenvalue weighted by atomic mass is 10.1. The summed E-state index contributed by atoms with van der Waals surface area (Å²) < 4.78 is 0. The number of benzene rings is 1. The molecule has 0 spiro atoms. The zero-order valence-electron chi connectivity index (χ0n) is 10.5. The van der Waals surface area contributed by atoms with Gasteiger partial charge in [-0.25, -0.2) is 0 Å². The largest absolute Gasteiger partial charge is 0.369 e. The van der Waals surface area contributed by atoms with E-state index in [1.54, 1.807) is 0 Å². The summed E-state index contributed by atoms with van der Waals surface area (Å²) in [6, 6.07) is 8.41. The monoisotopic (exact) mass is 240 g/mol. The van der Waals surface area contributed by atoms with Crippen LogP contribution in [0.3, 0.4) is 0 Å². The number of fused-ring (bicyclic) bond motifs is 1. The van der Waals surface area contributed by atoms with E-state index < -0.39 is 0 Å². The Morgan fingerprint density at radius 1 is 1.22 bits per heavy atom. The molecule has 0 N–H and O–H groups in total. The minimum atomic E-state index is 0.371. The van der Waals surface area contributed by atoms with Crippen LogP contribution in [0.15, 0.2) is 30.5 Å². The van der Waals surface area contributed by atoms with E-state index in [4.69, 9.17) is 0 Å². The number of rotatable bonds is 1. The first-order valence-corrected chi connectivity index (χ1v) is 6.36. The standard InChI is InChI=1S/C15H16N2O/c1-11-9-12-3-2-4-14(15(12)16-10-11)17-7-5-13(18)6-8-17/h2-4,9-10H,5-8H2,1H3. The average molecular weight is 240 g/mol. The van der Waals surface area contributed by atoms with Gasteiger partial charge in [-0.15, -0.1) is 0 Å². The Morgan fingerprint density at radius 2 is 2.00 bits per heavy atom. The average Bonchev–Trinajstić information content (AvgIpc) is 2.38. The first-order chi connectivity index (χ1) is 8.74. The number of ketones is 1. The van der Waals surface area contributed by atoms with E-state index in [1.165, 1.54) is 10.9 Å². The Morgan fingerprint density at radius 3 is 2.78 bits per heavy atom. The van der Waals surface area contributed by atoms with Crippen LogP contribution in [-0.4, -0.2) is 23.9 Å². The first-order valence-electron chi connectivity index (χ1n) is 6.36. The van der Waals surface area contributed by atoms with Gasteiger partial charge in [-0.2, -0.15) is 0 Å². The van der Waals surface area contributed by atoms with Gasteiger partial charge >= 0.3 is 0 Å². The molecule has 0 unspecified atom stereocenters. The van der Waals surface area contributed by atoms with Gasteiger partial charge in [0.15, 0.2) is 0 Å². The normalized spacial score (nSPS) is 16.3. The van der Waals surface area contributed by atoms with Crippen LogP contribution in [0.1, 0.15) is 18.4 Å². The molecular formula is C15H16N2O. The van der Waals surface area contributed by atoms with Crippen LogP contribution >= 0.6 is 0 Å². The van der Waals surface area contributed by atoms with Crippen LogP contribution in [0.25, 0.3) is 10.9 Å². The van der Waals surface area contributed by atoms with Crippen molar-refractivity contribution in [2.75, 3.05) is 18.0 Å². The van der Waals surface area contributed by atoms with E-state index in [0.29, 0.717) is 18.6 Å². The van der Waals surface area contributed by atoms with Crippen molar-refractivity contribution in [2.24, 2.45) is 0 Å². The van der Waals surface area contributed by atoms with Crippen LogP contribution < -0.4 is 4.90 Å². The molecule has 18 heavy (non-hydrogen) atoms. The zero-order valence-corrected chi connectivity index (χ0v) is 10.5. The number of nitrogens with zero attached hydrogens (tertiary/aromatic N) is 2. The molecule has 1 aliphatic heterocycles. The summed E-state index contributed by atoms with van der Waals surface area (Å²) in [5.74, 6) is 0.371. The van der Waals surface area contributed by atoms with Gasteiger partial charge in [-0.3, -0.25) is 9.78 Å². The molecule has 2 heterocycles.